The van der Waals surface area contributed by atoms with Crippen molar-refractivity contribution >= 4 is 17.3 Å². The third kappa shape index (κ3) is 2.98. The number of nitrogens with zero attached hydrogens (tertiary/aromatic N) is 1. The van der Waals surface area contributed by atoms with E-state index in [4.69, 9.17) is 15.9 Å². The number of carboxylic acids is 1. The van der Waals surface area contributed by atoms with Crippen LogP contribution in [0.5, 0.6) is 0 Å². The number of nitrogen functional groups attached to an aromatic ring is 1. The summed E-state index contributed by atoms with van der Waals surface area (Å²) in [5, 5.41) is 18.1. The van der Waals surface area contributed by atoms with Gasteiger partial charge in [-0.3, -0.25) is 0 Å². The van der Waals surface area contributed by atoms with E-state index in [0.29, 0.717) is 11.7 Å². The predicted octanol–water partition coefficient (Wildman–Crippen LogP) is 1.71. The third-order valence-corrected chi connectivity index (χ3v) is 3.69. The lowest BCUT2D eigenvalue weighted by Gasteiger charge is -2.37. The number of benzene rings is 1. The molecule has 104 valence electrons. The molecule has 1 fully saturated rings. The number of hydrogen-bond donors (Lipinski definition) is 3. The summed E-state index contributed by atoms with van der Waals surface area (Å²) in [5.74, 6) is -1.00. The average molecular weight is 264 g/mol. The second-order valence-electron chi connectivity index (χ2n) is 4.93. The van der Waals surface area contributed by atoms with Crippen molar-refractivity contribution < 1.29 is 15.0 Å². The Morgan fingerprint density at radius 1 is 1.42 bits per heavy atom. The maximum Gasteiger partial charge on any atom is 0.337 e. The van der Waals surface area contributed by atoms with E-state index in [-0.39, 0.29) is 12.2 Å². The maximum atomic E-state index is 10.9. The van der Waals surface area contributed by atoms with Crippen molar-refractivity contribution in [2.75, 3.05) is 23.8 Å². The molecule has 19 heavy (non-hydrogen) atoms. The fourth-order valence-corrected chi connectivity index (χ4v) is 2.71. The maximum absolute atomic E-state index is 10.9. The van der Waals surface area contributed by atoms with E-state index in [2.05, 4.69) is 4.90 Å². The number of carbonyl (C=O) groups is 1. The summed E-state index contributed by atoms with van der Waals surface area (Å²) in [7, 11) is 0. The monoisotopic (exact) mass is 264 g/mol. The molecule has 0 amide bonds. The molecule has 5 heteroatoms. The highest BCUT2D eigenvalue weighted by atomic mass is 16.4. The van der Waals surface area contributed by atoms with Crippen LogP contribution in [0.2, 0.25) is 0 Å². The summed E-state index contributed by atoms with van der Waals surface area (Å²) in [5.41, 5.74) is 7.17. The quantitative estimate of drug-likeness (QED) is 0.721. The molecule has 1 aromatic rings. The van der Waals surface area contributed by atoms with Crippen molar-refractivity contribution in [3.05, 3.63) is 23.8 Å². The summed E-state index contributed by atoms with van der Waals surface area (Å²) in [4.78, 5) is 13.2. The SMILES string of the molecule is Nc1cc(N2CCCCC2CCO)ccc1C(=O)O. The molecule has 0 spiro atoms. The van der Waals surface area contributed by atoms with Gasteiger partial charge in [-0.1, -0.05) is 0 Å². The van der Waals surface area contributed by atoms with Crippen molar-refractivity contribution in [3.63, 3.8) is 0 Å². The lowest BCUT2D eigenvalue weighted by atomic mass is 9.98. The molecular formula is C14H20N2O3. The van der Waals surface area contributed by atoms with Gasteiger partial charge in [-0.15, -0.1) is 0 Å². The molecule has 1 atom stereocenters. The zero-order valence-corrected chi connectivity index (χ0v) is 10.9. The zero-order chi connectivity index (χ0) is 13.8. The van der Waals surface area contributed by atoms with E-state index in [1.807, 2.05) is 0 Å². The number of anilines is 2. The van der Waals surface area contributed by atoms with Gasteiger partial charge in [-0.2, -0.15) is 0 Å². The standard InChI is InChI=1S/C14H20N2O3/c15-13-9-11(4-5-12(13)14(18)19)16-7-2-1-3-10(16)6-8-17/h4-5,9-10,17H,1-3,6-8,15H2,(H,18,19). The van der Waals surface area contributed by atoms with E-state index in [1.165, 1.54) is 6.42 Å². The first kappa shape index (κ1) is 13.7. The first-order valence-electron chi connectivity index (χ1n) is 6.64. The van der Waals surface area contributed by atoms with Crippen molar-refractivity contribution in [1.82, 2.24) is 0 Å². The van der Waals surface area contributed by atoms with Gasteiger partial charge >= 0.3 is 5.97 Å². The largest absolute Gasteiger partial charge is 0.478 e. The second-order valence-corrected chi connectivity index (χ2v) is 4.93. The fourth-order valence-electron chi connectivity index (χ4n) is 2.71. The molecule has 1 aliphatic heterocycles. The molecule has 0 saturated carbocycles. The zero-order valence-electron chi connectivity index (χ0n) is 10.9. The minimum Gasteiger partial charge on any atom is -0.478 e. The Labute approximate surface area is 112 Å². The molecular weight excluding hydrogens is 244 g/mol. The van der Waals surface area contributed by atoms with Crippen molar-refractivity contribution in [2.24, 2.45) is 0 Å². The smallest absolute Gasteiger partial charge is 0.337 e. The Morgan fingerprint density at radius 3 is 2.84 bits per heavy atom. The number of piperidine rings is 1. The summed E-state index contributed by atoms with van der Waals surface area (Å²) < 4.78 is 0. The number of nitrogens with two attached hydrogens (primary N) is 1. The van der Waals surface area contributed by atoms with Gasteiger partial charge in [0.1, 0.15) is 0 Å². The van der Waals surface area contributed by atoms with Crippen molar-refractivity contribution in [3.8, 4) is 0 Å². The Morgan fingerprint density at radius 2 is 2.21 bits per heavy atom. The first-order chi connectivity index (χ1) is 9.13. The Bertz CT molecular complexity index is 460. The minimum absolute atomic E-state index is 0.138. The summed E-state index contributed by atoms with van der Waals surface area (Å²) in [6.45, 7) is 1.10. The van der Waals surface area contributed by atoms with E-state index < -0.39 is 5.97 Å². The second kappa shape index (κ2) is 5.93. The van der Waals surface area contributed by atoms with Crippen LogP contribution in [0.3, 0.4) is 0 Å². The van der Waals surface area contributed by atoms with Crippen LogP contribution in [-0.4, -0.2) is 35.4 Å². The molecule has 0 radical (unpaired) electrons. The van der Waals surface area contributed by atoms with Gasteiger partial charge in [0.2, 0.25) is 0 Å². The topological polar surface area (TPSA) is 86.8 Å². The van der Waals surface area contributed by atoms with Gasteiger partial charge in [0.25, 0.3) is 0 Å². The van der Waals surface area contributed by atoms with Crippen LogP contribution in [0.4, 0.5) is 11.4 Å². The van der Waals surface area contributed by atoms with Crippen molar-refractivity contribution in [2.45, 2.75) is 31.7 Å². The molecule has 2 rings (SSSR count). The summed E-state index contributed by atoms with van der Waals surface area (Å²) in [6.07, 6.45) is 4.08. The van der Waals surface area contributed by atoms with Crippen LogP contribution < -0.4 is 10.6 Å². The molecule has 1 aliphatic rings. The lowest BCUT2D eigenvalue weighted by molar-refractivity contribution is 0.0698. The lowest BCUT2D eigenvalue weighted by Crippen LogP contribution is -2.40. The third-order valence-electron chi connectivity index (χ3n) is 3.69. The van der Waals surface area contributed by atoms with Gasteiger partial charge < -0.3 is 20.8 Å². The molecule has 0 aliphatic carbocycles. The van der Waals surface area contributed by atoms with E-state index >= 15 is 0 Å². The van der Waals surface area contributed by atoms with E-state index in [0.717, 1.165) is 31.5 Å². The van der Waals surface area contributed by atoms with Crippen LogP contribution >= 0.6 is 0 Å². The van der Waals surface area contributed by atoms with Gasteiger partial charge in [0.05, 0.1) is 5.56 Å². The Hall–Kier alpha value is -1.75. The summed E-state index contributed by atoms with van der Waals surface area (Å²) in [6, 6.07) is 5.39. The summed E-state index contributed by atoms with van der Waals surface area (Å²) >= 11 is 0. The highest BCUT2D eigenvalue weighted by Crippen LogP contribution is 2.29. The number of carboxylic acid groups (broad SMARTS) is 1. The molecule has 1 aromatic carbocycles. The Balaban J connectivity index is 2.24. The molecule has 0 aromatic heterocycles. The number of aromatic carboxylic acids is 1. The molecule has 1 unspecified atom stereocenters. The van der Waals surface area contributed by atoms with Crippen LogP contribution in [0.25, 0.3) is 0 Å². The van der Waals surface area contributed by atoms with Gasteiger partial charge in [-0.05, 0) is 43.9 Å². The molecule has 4 N–H and O–H groups in total. The van der Waals surface area contributed by atoms with Crippen LogP contribution in [0.15, 0.2) is 18.2 Å². The van der Waals surface area contributed by atoms with Gasteiger partial charge in [0.15, 0.2) is 0 Å². The highest BCUT2D eigenvalue weighted by molar-refractivity contribution is 5.94. The number of aliphatic hydroxyl groups excluding tert-OH is 1. The average Bonchev–Trinajstić information content (AvgIpc) is 2.39. The minimum atomic E-state index is -1.00. The van der Waals surface area contributed by atoms with Crippen LogP contribution in [0.1, 0.15) is 36.0 Å². The van der Waals surface area contributed by atoms with E-state index in [1.54, 1.807) is 18.2 Å². The Kier molecular flexibility index (Phi) is 4.27. The number of rotatable bonds is 4. The van der Waals surface area contributed by atoms with Gasteiger partial charge in [-0.25, -0.2) is 4.79 Å². The highest BCUT2D eigenvalue weighted by Gasteiger charge is 2.23. The van der Waals surface area contributed by atoms with Crippen molar-refractivity contribution in [1.29, 1.82) is 0 Å². The first-order valence-corrected chi connectivity index (χ1v) is 6.64. The predicted molar refractivity (Wildman–Crippen MR) is 74.5 cm³/mol. The normalized spacial score (nSPS) is 19.4. The molecule has 0 bridgehead atoms. The van der Waals surface area contributed by atoms with E-state index in [9.17, 15) is 4.79 Å². The van der Waals surface area contributed by atoms with Crippen LogP contribution in [-0.2, 0) is 0 Å². The molecule has 1 heterocycles. The fraction of sp³-hybridized carbons (Fsp3) is 0.500. The number of hydrogen-bond acceptors (Lipinski definition) is 4. The van der Waals surface area contributed by atoms with Crippen LogP contribution in [0, 0.1) is 0 Å². The van der Waals surface area contributed by atoms with Gasteiger partial charge in [0, 0.05) is 30.6 Å². The molecule has 5 nitrogen and oxygen atoms in total. The molecule has 1 saturated heterocycles. The number of aliphatic hydroxyl groups is 1.